The highest BCUT2D eigenvalue weighted by molar-refractivity contribution is 7.98. The summed E-state index contributed by atoms with van der Waals surface area (Å²) in [4.78, 5) is 1.13. The Kier molecular flexibility index (Phi) is 5.08. The molecule has 7 heteroatoms. The molecular weight excluding hydrogens is 357 g/mol. The van der Waals surface area contributed by atoms with Gasteiger partial charge >= 0.3 is 0 Å². The Balaban J connectivity index is 1.81. The third kappa shape index (κ3) is 3.33. The summed E-state index contributed by atoms with van der Waals surface area (Å²) in [6.45, 7) is 2.93. The van der Waals surface area contributed by atoms with Gasteiger partial charge in [-0.1, -0.05) is 47.1 Å². The fraction of sp³-hybridized carbons (Fsp3) is 0.200. The van der Waals surface area contributed by atoms with Crippen LogP contribution in [0.15, 0.2) is 40.9 Å². The standard InChI is InChI=1S/C15H13Cl2N3S2/c1-2-20-14(13-4-3-7-21-13)18-19-15(20)22-9-10-5-6-11(16)8-12(10)17/h3-8H,2,9H2,1H3. The van der Waals surface area contributed by atoms with Gasteiger partial charge in [-0.2, -0.15) is 0 Å². The molecular formula is C15H13Cl2N3S2. The molecule has 0 unspecified atom stereocenters. The minimum absolute atomic E-state index is 0.649. The molecule has 0 aliphatic carbocycles. The molecule has 2 aromatic heterocycles. The fourth-order valence-electron chi connectivity index (χ4n) is 2.05. The highest BCUT2D eigenvalue weighted by Gasteiger charge is 2.14. The molecule has 0 N–H and O–H groups in total. The first-order valence-electron chi connectivity index (χ1n) is 6.73. The van der Waals surface area contributed by atoms with E-state index in [4.69, 9.17) is 23.2 Å². The first-order chi connectivity index (χ1) is 10.7. The summed E-state index contributed by atoms with van der Waals surface area (Å²) < 4.78 is 2.13. The number of hydrogen-bond donors (Lipinski definition) is 0. The monoisotopic (exact) mass is 369 g/mol. The lowest BCUT2D eigenvalue weighted by atomic mass is 10.2. The molecule has 3 nitrogen and oxygen atoms in total. The topological polar surface area (TPSA) is 30.7 Å². The average molecular weight is 370 g/mol. The zero-order chi connectivity index (χ0) is 15.5. The van der Waals surface area contributed by atoms with Gasteiger partial charge < -0.3 is 4.57 Å². The van der Waals surface area contributed by atoms with E-state index in [1.54, 1.807) is 29.2 Å². The van der Waals surface area contributed by atoms with Crippen molar-refractivity contribution in [2.45, 2.75) is 24.4 Å². The number of aromatic nitrogens is 3. The summed E-state index contributed by atoms with van der Waals surface area (Å²) in [5.41, 5.74) is 1.04. The average Bonchev–Trinajstić information content (AvgIpc) is 3.15. The normalized spacial score (nSPS) is 11.0. The lowest BCUT2D eigenvalue weighted by molar-refractivity contribution is 0.688. The molecule has 0 amide bonds. The van der Waals surface area contributed by atoms with Gasteiger partial charge in [0.15, 0.2) is 11.0 Å². The first kappa shape index (κ1) is 15.9. The molecule has 0 spiro atoms. The molecule has 114 valence electrons. The number of hydrogen-bond acceptors (Lipinski definition) is 4. The lowest BCUT2D eigenvalue weighted by Gasteiger charge is -2.07. The second-order valence-electron chi connectivity index (χ2n) is 4.55. The summed E-state index contributed by atoms with van der Waals surface area (Å²) in [5, 5.41) is 12.9. The molecule has 3 rings (SSSR count). The van der Waals surface area contributed by atoms with Crippen molar-refractivity contribution in [1.82, 2.24) is 14.8 Å². The van der Waals surface area contributed by atoms with Gasteiger partial charge in [0.2, 0.25) is 0 Å². The summed E-state index contributed by atoms with van der Waals surface area (Å²) >= 11 is 15.4. The van der Waals surface area contributed by atoms with Crippen molar-refractivity contribution < 1.29 is 0 Å². The Morgan fingerprint density at radius 3 is 2.77 bits per heavy atom. The quantitative estimate of drug-likeness (QED) is 0.546. The van der Waals surface area contributed by atoms with E-state index < -0.39 is 0 Å². The lowest BCUT2D eigenvalue weighted by Crippen LogP contribution is -1.99. The van der Waals surface area contributed by atoms with Crippen LogP contribution in [0.2, 0.25) is 10.0 Å². The molecule has 0 saturated carbocycles. The maximum absolute atomic E-state index is 6.22. The molecule has 0 bridgehead atoms. The SMILES string of the molecule is CCn1c(SCc2ccc(Cl)cc2Cl)nnc1-c1cccs1. The summed E-state index contributed by atoms with van der Waals surface area (Å²) in [6.07, 6.45) is 0. The smallest absolute Gasteiger partial charge is 0.191 e. The molecule has 22 heavy (non-hydrogen) atoms. The van der Waals surface area contributed by atoms with Crippen LogP contribution in [0.4, 0.5) is 0 Å². The van der Waals surface area contributed by atoms with Crippen molar-refractivity contribution in [3.8, 4) is 10.7 Å². The largest absolute Gasteiger partial charge is 0.302 e. The molecule has 0 atom stereocenters. The van der Waals surface area contributed by atoms with E-state index in [1.807, 2.05) is 23.6 Å². The van der Waals surface area contributed by atoms with Crippen molar-refractivity contribution in [3.63, 3.8) is 0 Å². The van der Waals surface area contributed by atoms with Gasteiger partial charge in [0.1, 0.15) is 0 Å². The summed E-state index contributed by atoms with van der Waals surface area (Å²) in [6, 6.07) is 9.65. The van der Waals surface area contributed by atoms with E-state index in [0.717, 1.165) is 33.7 Å². The van der Waals surface area contributed by atoms with Crippen LogP contribution < -0.4 is 0 Å². The number of thiophene rings is 1. The molecule has 0 aliphatic rings. The van der Waals surface area contributed by atoms with Crippen molar-refractivity contribution in [2.75, 3.05) is 0 Å². The van der Waals surface area contributed by atoms with E-state index in [2.05, 4.69) is 27.8 Å². The zero-order valence-electron chi connectivity index (χ0n) is 11.8. The van der Waals surface area contributed by atoms with Crippen LogP contribution >= 0.6 is 46.3 Å². The second-order valence-corrected chi connectivity index (χ2v) is 7.29. The minimum Gasteiger partial charge on any atom is -0.302 e. The number of halogens is 2. The van der Waals surface area contributed by atoms with Crippen molar-refractivity contribution >= 4 is 46.3 Å². The summed E-state index contributed by atoms with van der Waals surface area (Å²) in [7, 11) is 0. The predicted octanol–water partition coefficient (Wildman–Crippen LogP) is 5.63. The van der Waals surface area contributed by atoms with Gasteiger partial charge in [-0.05, 0) is 36.1 Å². The van der Waals surface area contributed by atoms with Crippen molar-refractivity contribution in [2.24, 2.45) is 0 Å². The third-order valence-corrected chi connectivity index (χ3v) is 5.61. The van der Waals surface area contributed by atoms with Gasteiger partial charge in [0.05, 0.1) is 4.88 Å². The second kappa shape index (κ2) is 7.04. The third-order valence-electron chi connectivity index (χ3n) is 3.15. The molecule has 1 aromatic carbocycles. The minimum atomic E-state index is 0.649. The van der Waals surface area contributed by atoms with Crippen molar-refractivity contribution in [1.29, 1.82) is 0 Å². The molecule has 3 aromatic rings. The van der Waals surface area contributed by atoms with Crippen LogP contribution in [-0.2, 0) is 12.3 Å². The van der Waals surface area contributed by atoms with Gasteiger partial charge in [-0.25, -0.2) is 0 Å². The summed E-state index contributed by atoms with van der Waals surface area (Å²) in [5.74, 6) is 1.65. The number of nitrogens with zero attached hydrogens (tertiary/aromatic N) is 3. The fourth-order valence-corrected chi connectivity index (χ4v) is 4.33. The van der Waals surface area contributed by atoms with Crippen LogP contribution in [0.3, 0.4) is 0 Å². The van der Waals surface area contributed by atoms with Gasteiger partial charge in [-0.3, -0.25) is 0 Å². The van der Waals surface area contributed by atoms with Gasteiger partial charge in [-0.15, -0.1) is 21.5 Å². The molecule has 0 aliphatic heterocycles. The van der Waals surface area contributed by atoms with Crippen LogP contribution in [0, 0.1) is 0 Å². The van der Waals surface area contributed by atoms with E-state index in [9.17, 15) is 0 Å². The maximum Gasteiger partial charge on any atom is 0.191 e. The predicted molar refractivity (Wildman–Crippen MR) is 95.0 cm³/mol. The Labute approximate surface area is 147 Å². The zero-order valence-corrected chi connectivity index (χ0v) is 14.9. The van der Waals surface area contributed by atoms with E-state index in [-0.39, 0.29) is 0 Å². The molecule has 0 fully saturated rings. The maximum atomic E-state index is 6.22. The highest BCUT2D eigenvalue weighted by Crippen LogP contribution is 2.31. The van der Waals surface area contributed by atoms with E-state index in [0.29, 0.717) is 10.0 Å². The Morgan fingerprint density at radius 2 is 2.09 bits per heavy atom. The Hall–Kier alpha value is -1.01. The molecule has 2 heterocycles. The highest BCUT2D eigenvalue weighted by atomic mass is 35.5. The number of thioether (sulfide) groups is 1. The van der Waals surface area contributed by atoms with Crippen LogP contribution in [0.1, 0.15) is 12.5 Å². The van der Waals surface area contributed by atoms with Crippen LogP contribution in [-0.4, -0.2) is 14.8 Å². The van der Waals surface area contributed by atoms with E-state index >= 15 is 0 Å². The van der Waals surface area contributed by atoms with E-state index in [1.165, 1.54) is 0 Å². The Bertz CT molecular complexity index is 769. The molecule has 0 saturated heterocycles. The van der Waals surface area contributed by atoms with Crippen LogP contribution in [0.5, 0.6) is 0 Å². The van der Waals surface area contributed by atoms with Crippen molar-refractivity contribution in [3.05, 3.63) is 51.3 Å². The van der Waals surface area contributed by atoms with Gasteiger partial charge in [0.25, 0.3) is 0 Å². The Morgan fingerprint density at radius 1 is 1.23 bits per heavy atom. The van der Waals surface area contributed by atoms with Crippen LogP contribution in [0.25, 0.3) is 10.7 Å². The number of benzene rings is 1. The van der Waals surface area contributed by atoms with Gasteiger partial charge in [0, 0.05) is 22.3 Å². The first-order valence-corrected chi connectivity index (χ1v) is 9.35. The number of rotatable bonds is 5. The molecule has 0 radical (unpaired) electrons.